The Hall–Kier alpha value is -6.98. The lowest BCUT2D eigenvalue weighted by molar-refractivity contribution is 1.14. The van der Waals surface area contributed by atoms with Gasteiger partial charge in [0.05, 0.1) is 22.9 Å². The van der Waals surface area contributed by atoms with Crippen molar-refractivity contribution in [2.45, 2.75) is 0 Å². The van der Waals surface area contributed by atoms with E-state index in [4.69, 9.17) is 5.73 Å². The van der Waals surface area contributed by atoms with Gasteiger partial charge in [-0.1, -0.05) is 72.8 Å². The number of aromatic nitrogens is 3. The molecule has 10 aromatic rings. The molecule has 0 bridgehead atoms. The predicted molar refractivity (Wildman–Crippen MR) is 214 cm³/mol. The summed E-state index contributed by atoms with van der Waals surface area (Å²) in [6, 6.07) is 51.7. The van der Waals surface area contributed by atoms with Gasteiger partial charge in [-0.2, -0.15) is 0 Å². The van der Waals surface area contributed by atoms with Gasteiger partial charge < -0.3 is 15.6 Å². The number of nitrogens with two attached hydrogens (primary N) is 1. The fraction of sp³-hybridized carbons (Fsp3) is 0. The monoisotopic (exact) mass is 653 g/mol. The molecule has 7 aromatic carbocycles. The summed E-state index contributed by atoms with van der Waals surface area (Å²) in [5.74, 6) is 0. The number of hydrogen-bond donors (Lipinski definition) is 2. The zero-order chi connectivity index (χ0) is 33.9. The van der Waals surface area contributed by atoms with Crippen LogP contribution in [-0.2, 0) is 0 Å². The van der Waals surface area contributed by atoms with Crippen molar-refractivity contribution in [1.29, 1.82) is 0 Å². The van der Waals surface area contributed by atoms with Crippen molar-refractivity contribution in [2.24, 2.45) is 0 Å². The van der Waals surface area contributed by atoms with Gasteiger partial charge in [-0.3, -0.25) is 9.97 Å². The molecule has 0 aliphatic rings. The van der Waals surface area contributed by atoms with Crippen LogP contribution < -0.4 is 11.1 Å². The quantitative estimate of drug-likeness (QED) is 0.110. The van der Waals surface area contributed by atoms with E-state index in [2.05, 4.69) is 147 Å². The molecular weight excluding hydrogens is 623 g/mol. The summed E-state index contributed by atoms with van der Waals surface area (Å²) in [7, 11) is 0. The molecule has 0 aliphatic carbocycles. The van der Waals surface area contributed by atoms with E-state index in [1.807, 2.05) is 43.0 Å². The first-order valence-corrected chi connectivity index (χ1v) is 17.1. The molecule has 0 saturated carbocycles. The van der Waals surface area contributed by atoms with Crippen LogP contribution in [0.1, 0.15) is 0 Å². The summed E-state index contributed by atoms with van der Waals surface area (Å²) in [4.78, 5) is 8.77. The van der Waals surface area contributed by atoms with Crippen molar-refractivity contribution >= 4 is 71.2 Å². The maximum Gasteiger partial charge on any atom is 0.0723 e. The maximum atomic E-state index is 6.42. The van der Waals surface area contributed by atoms with Crippen LogP contribution in [0.2, 0.25) is 0 Å². The van der Waals surface area contributed by atoms with E-state index < -0.39 is 0 Å². The van der Waals surface area contributed by atoms with Gasteiger partial charge in [0.25, 0.3) is 0 Å². The highest BCUT2D eigenvalue weighted by Gasteiger charge is 2.17. The van der Waals surface area contributed by atoms with Crippen LogP contribution in [-0.4, -0.2) is 14.5 Å². The standard InChI is InChI=1S/C46H31N5/c47-36-14-16-43-40(26-36)41-27-37(50-42-7-3-6-32-12-13-35-24-33-4-1-2-5-34(33)25-39(35)46(32)42)15-17-44(41)51(43)45-28-49-23-20-38(45)31-10-8-29(9-11-31)30-18-21-48-22-19-30/h1-28,50H,47H2. The number of nitrogen functional groups attached to an aromatic ring is 1. The van der Waals surface area contributed by atoms with E-state index in [0.29, 0.717) is 0 Å². The first-order valence-electron chi connectivity index (χ1n) is 17.1. The van der Waals surface area contributed by atoms with Crippen molar-refractivity contribution in [3.8, 4) is 27.9 Å². The lowest BCUT2D eigenvalue weighted by Crippen LogP contribution is -1.98. The molecule has 0 saturated heterocycles. The molecule has 3 N–H and O–H groups in total. The number of hydrogen-bond acceptors (Lipinski definition) is 4. The van der Waals surface area contributed by atoms with Gasteiger partial charge in [0.2, 0.25) is 0 Å². The van der Waals surface area contributed by atoms with Crippen molar-refractivity contribution in [1.82, 2.24) is 14.5 Å². The van der Waals surface area contributed by atoms with Crippen LogP contribution in [0.15, 0.2) is 170 Å². The predicted octanol–water partition coefficient (Wildman–Crippen LogP) is 11.7. The molecule has 0 atom stereocenters. The molecule has 0 fully saturated rings. The number of pyridine rings is 2. The minimum Gasteiger partial charge on any atom is -0.399 e. The van der Waals surface area contributed by atoms with E-state index in [1.165, 1.54) is 32.3 Å². The Kier molecular flexibility index (Phi) is 6.58. The Bertz CT molecular complexity index is 2940. The van der Waals surface area contributed by atoms with E-state index in [1.54, 1.807) is 0 Å². The average Bonchev–Trinajstić information content (AvgIpc) is 3.50. The maximum absolute atomic E-state index is 6.42. The molecule has 240 valence electrons. The van der Waals surface area contributed by atoms with Gasteiger partial charge in [-0.05, 0) is 116 Å². The van der Waals surface area contributed by atoms with Crippen LogP contribution >= 0.6 is 0 Å². The molecule has 0 aliphatic heterocycles. The molecule has 0 spiro atoms. The van der Waals surface area contributed by atoms with Crippen LogP contribution in [0.4, 0.5) is 17.1 Å². The lowest BCUT2D eigenvalue weighted by atomic mass is 9.97. The van der Waals surface area contributed by atoms with Gasteiger partial charge in [0, 0.05) is 57.4 Å². The van der Waals surface area contributed by atoms with E-state index in [0.717, 1.165) is 66.8 Å². The minimum atomic E-state index is 0.728. The van der Waals surface area contributed by atoms with E-state index >= 15 is 0 Å². The second-order valence-corrected chi connectivity index (χ2v) is 13.1. The molecule has 0 amide bonds. The molecule has 0 unspecified atom stereocenters. The minimum absolute atomic E-state index is 0.728. The zero-order valence-corrected chi connectivity index (χ0v) is 27.6. The largest absolute Gasteiger partial charge is 0.399 e. The summed E-state index contributed by atoms with van der Waals surface area (Å²) in [5.41, 5.74) is 16.9. The summed E-state index contributed by atoms with van der Waals surface area (Å²) >= 11 is 0. The number of nitrogens with zero attached hydrogens (tertiary/aromatic N) is 3. The topological polar surface area (TPSA) is 68.8 Å². The van der Waals surface area contributed by atoms with E-state index in [9.17, 15) is 0 Å². The van der Waals surface area contributed by atoms with Crippen molar-refractivity contribution in [3.63, 3.8) is 0 Å². The fourth-order valence-corrected chi connectivity index (χ4v) is 7.63. The Labute approximate surface area is 294 Å². The van der Waals surface area contributed by atoms with Crippen LogP contribution in [0.25, 0.3) is 82.1 Å². The molecule has 0 radical (unpaired) electrons. The van der Waals surface area contributed by atoms with Crippen LogP contribution in [0.3, 0.4) is 0 Å². The fourth-order valence-electron chi connectivity index (χ4n) is 7.63. The number of nitrogens with one attached hydrogen (secondary N) is 1. The zero-order valence-electron chi connectivity index (χ0n) is 27.6. The third kappa shape index (κ3) is 4.86. The highest BCUT2D eigenvalue weighted by molar-refractivity contribution is 6.17. The molecule has 5 heteroatoms. The van der Waals surface area contributed by atoms with Crippen molar-refractivity contribution in [2.75, 3.05) is 11.1 Å². The number of anilines is 3. The third-order valence-electron chi connectivity index (χ3n) is 10.0. The van der Waals surface area contributed by atoms with Crippen LogP contribution in [0.5, 0.6) is 0 Å². The summed E-state index contributed by atoms with van der Waals surface area (Å²) in [6.45, 7) is 0. The van der Waals surface area contributed by atoms with Crippen molar-refractivity contribution in [3.05, 3.63) is 170 Å². The number of rotatable bonds is 5. The van der Waals surface area contributed by atoms with Gasteiger partial charge in [0.1, 0.15) is 0 Å². The normalized spacial score (nSPS) is 11.6. The molecular formula is C46H31N5. The van der Waals surface area contributed by atoms with Crippen LogP contribution in [0, 0.1) is 0 Å². The number of benzene rings is 7. The molecule has 10 rings (SSSR count). The summed E-state index contributed by atoms with van der Waals surface area (Å²) in [6.07, 6.45) is 7.47. The molecule has 5 nitrogen and oxygen atoms in total. The Morgan fingerprint density at radius 3 is 2.02 bits per heavy atom. The van der Waals surface area contributed by atoms with Crippen molar-refractivity contribution < 1.29 is 0 Å². The van der Waals surface area contributed by atoms with E-state index in [-0.39, 0.29) is 0 Å². The first-order chi connectivity index (χ1) is 25.2. The Balaban J connectivity index is 1.11. The third-order valence-corrected chi connectivity index (χ3v) is 10.0. The lowest BCUT2D eigenvalue weighted by Gasteiger charge is -2.15. The average molecular weight is 654 g/mol. The highest BCUT2D eigenvalue weighted by Crippen LogP contribution is 2.40. The SMILES string of the molecule is Nc1ccc2c(c1)c1cc(Nc3cccc4ccc5cc6ccccc6cc5c34)ccc1n2-c1cnccc1-c1ccc(-c2ccncc2)cc1. The van der Waals surface area contributed by atoms with Gasteiger partial charge in [-0.15, -0.1) is 0 Å². The second kappa shape index (κ2) is 11.6. The highest BCUT2D eigenvalue weighted by atomic mass is 15.0. The smallest absolute Gasteiger partial charge is 0.0723 e. The number of fused-ring (bicyclic) bond motifs is 7. The Morgan fingerprint density at radius 1 is 0.490 bits per heavy atom. The summed E-state index contributed by atoms with van der Waals surface area (Å²) in [5, 5.41) is 13.4. The molecule has 51 heavy (non-hydrogen) atoms. The first kappa shape index (κ1) is 29.0. The second-order valence-electron chi connectivity index (χ2n) is 13.1. The molecule has 3 heterocycles. The molecule has 3 aromatic heterocycles. The van der Waals surface area contributed by atoms with Gasteiger partial charge in [-0.25, -0.2) is 0 Å². The van der Waals surface area contributed by atoms with Gasteiger partial charge >= 0.3 is 0 Å². The Morgan fingerprint density at radius 2 is 1.18 bits per heavy atom. The van der Waals surface area contributed by atoms with Gasteiger partial charge in [0.15, 0.2) is 0 Å². The summed E-state index contributed by atoms with van der Waals surface area (Å²) < 4.78 is 2.31.